The molecule has 9 heteroatoms. The molecule has 8 nitrogen and oxygen atoms in total. The van der Waals surface area contributed by atoms with Gasteiger partial charge in [-0.1, -0.05) is 309 Å². The van der Waals surface area contributed by atoms with Crippen molar-refractivity contribution in [2.75, 3.05) is 40.9 Å². The Bertz CT molecular complexity index is 1090. The van der Waals surface area contributed by atoms with Crippen molar-refractivity contribution in [2.45, 2.75) is 341 Å². The van der Waals surface area contributed by atoms with Crippen LogP contribution >= 0.6 is 7.82 Å². The molecule has 414 valence electrons. The van der Waals surface area contributed by atoms with Gasteiger partial charge in [-0.15, -0.1) is 0 Å². The van der Waals surface area contributed by atoms with E-state index >= 15 is 0 Å². The minimum Gasteiger partial charge on any atom is -0.756 e. The summed E-state index contributed by atoms with van der Waals surface area (Å²) in [4.78, 5) is 25.4. The summed E-state index contributed by atoms with van der Waals surface area (Å²) >= 11 is 0. The number of phosphoric ester groups is 1. The summed E-state index contributed by atoms with van der Waals surface area (Å²) in [6, 6.07) is -0.793. The SMILES string of the molecule is CCCCCCCCCCCCCCCCCCCCCCCCCCCCCCCCCCCCCCCCCC(=O)NC(COP(=O)([O-])OCC[N+](C)(C)C)C(O)CCCCCCCCCC. The quantitative estimate of drug-likeness (QED) is 0.0357. The Balaban J connectivity index is 3.69. The van der Waals surface area contributed by atoms with Crippen molar-refractivity contribution in [3.63, 3.8) is 0 Å². The van der Waals surface area contributed by atoms with Gasteiger partial charge in [-0.2, -0.15) is 0 Å². The second kappa shape index (κ2) is 52.4. The molecule has 0 aliphatic rings. The highest BCUT2D eigenvalue weighted by Crippen LogP contribution is 2.38. The largest absolute Gasteiger partial charge is 0.756 e. The molecule has 0 heterocycles. The van der Waals surface area contributed by atoms with E-state index in [-0.39, 0.29) is 19.1 Å². The molecule has 0 aliphatic carbocycles. The minimum atomic E-state index is -4.56. The van der Waals surface area contributed by atoms with Gasteiger partial charge in [-0.3, -0.25) is 9.36 Å². The van der Waals surface area contributed by atoms with Crippen LogP contribution in [-0.4, -0.2) is 68.5 Å². The predicted octanol–water partition coefficient (Wildman–Crippen LogP) is 18.2. The van der Waals surface area contributed by atoms with E-state index in [0.717, 1.165) is 38.5 Å². The van der Waals surface area contributed by atoms with Crippen LogP contribution in [0, 0.1) is 0 Å². The molecule has 3 unspecified atom stereocenters. The van der Waals surface area contributed by atoms with Crippen molar-refractivity contribution in [3.05, 3.63) is 0 Å². The summed E-state index contributed by atoms with van der Waals surface area (Å²) in [5.74, 6) is -0.160. The van der Waals surface area contributed by atoms with E-state index in [1.807, 2.05) is 21.1 Å². The number of rotatable bonds is 58. The molecule has 69 heavy (non-hydrogen) atoms. The molecule has 3 atom stereocenters. The number of carbonyl (C=O) groups is 1. The predicted molar refractivity (Wildman–Crippen MR) is 298 cm³/mol. The molecule has 1 amide bonds. The summed E-state index contributed by atoms with van der Waals surface area (Å²) in [6.45, 7) is 4.73. The van der Waals surface area contributed by atoms with Crippen LogP contribution < -0.4 is 10.2 Å². The molecule has 0 aromatic rings. The number of aliphatic hydroxyl groups is 1. The number of quaternary nitrogens is 1. The first-order valence-corrected chi connectivity index (χ1v) is 32.3. The van der Waals surface area contributed by atoms with Crippen LogP contribution in [0.15, 0.2) is 0 Å². The summed E-state index contributed by atoms with van der Waals surface area (Å²) in [7, 11) is 1.32. The Morgan fingerprint density at radius 3 is 0.986 bits per heavy atom. The Hall–Kier alpha value is -0.500. The number of phosphoric acid groups is 1. The van der Waals surface area contributed by atoms with E-state index in [0.29, 0.717) is 23.9 Å². The van der Waals surface area contributed by atoms with E-state index in [9.17, 15) is 19.4 Å². The third-order valence-corrected chi connectivity index (χ3v) is 15.6. The average molecular weight is 1000 g/mol. The van der Waals surface area contributed by atoms with Gasteiger partial charge >= 0.3 is 0 Å². The maximum Gasteiger partial charge on any atom is 0.268 e. The van der Waals surface area contributed by atoms with Gasteiger partial charge in [0.1, 0.15) is 13.2 Å². The molecule has 0 saturated heterocycles. The van der Waals surface area contributed by atoms with Gasteiger partial charge in [0.05, 0.1) is 39.9 Å². The number of hydrogen-bond donors (Lipinski definition) is 2. The van der Waals surface area contributed by atoms with Gasteiger partial charge < -0.3 is 28.8 Å². The second-order valence-electron chi connectivity index (χ2n) is 22.8. The maximum absolute atomic E-state index is 12.9. The molecule has 0 rings (SSSR count). The number of likely N-dealkylation sites (N-methyl/N-ethyl adjacent to an activating group) is 1. The molecule has 0 spiro atoms. The van der Waals surface area contributed by atoms with Gasteiger partial charge in [0.2, 0.25) is 5.91 Å². The zero-order valence-corrected chi connectivity index (χ0v) is 48.2. The summed E-state index contributed by atoms with van der Waals surface area (Å²) in [6.07, 6.45) is 63.5. The van der Waals surface area contributed by atoms with Gasteiger partial charge in [0.15, 0.2) is 0 Å². The Kier molecular flexibility index (Phi) is 52.0. The van der Waals surface area contributed by atoms with Crippen molar-refractivity contribution < 1.29 is 32.9 Å². The van der Waals surface area contributed by atoms with Gasteiger partial charge in [0.25, 0.3) is 7.82 Å². The molecule has 0 aliphatic heterocycles. The monoisotopic (exact) mass is 999 g/mol. The lowest BCUT2D eigenvalue weighted by molar-refractivity contribution is -0.870. The van der Waals surface area contributed by atoms with Crippen LogP contribution in [0.4, 0.5) is 0 Å². The third-order valence-electron chi connectivity index (χ3n) is 14.6. The first-order chi connectivity index (χ1) is 33.5. The molecule has 0 aromatic carbocycles. The third kappa shape index (κ3) is 55.1. The van der Waals surface area contributed by atoms with Gasteiger partial charge in [0, 0.05) is 6.42 Å². The molecule has 0 fully saturated rings. The number of aliphatic hydroxyl groups excluding tert-OH is 1. The normalized spacial score (nSPS) is 13.8. The van der Waals surface area contributed by atoms with E-state index in [4.69, 9.17) is 9.05 Å². The lowest BCUT2D eigenvalue weighted by Crippen LogP contribution is -2.46. The number of nitrogens with one attached hydrogen (secondary N) is 1. The fourth-order valence-electron chi connectivity index (χ4n) is 9.75. The van der Waals surface area contributed by atoms with Gasteiger partial charge in [-0.05, 0) is 12.8 Å². The number of nitrogens with zero attached hydrogens (tertiary/aromatic N) is 1. The number of amides is 1. The highest BCUT2D eigenvalue weighted by atomic mass is 31.2. The Labute approximate surface area is 431 Å². The zero-order chi connectivity index (χ0) is 50.6. The van der Waals surface area contributed by atoms with E-state index in [1.54, 1.807) is 0 Å². The van der Waals surface area contributed by atoms with Crippen molar-refractivity contribution in [3.8, 4) is 0 Å². The van der Waals surface area contributed by atoms with E-state index in [1.165, 1.54) is 263 Å². The fraction of sp³-hybridized carbons (Fsp3) is 0.983. The lowest BCUT2D eigenvalue weighted by Gasteiger charge is -2.30. The van der Waals surface area contributed by atoms with Crippen LogP contribution in [0.5, 0.6) is 0 Å². The number of unbranched alkanes of at least 4 members (excludes halogenated alkanes) is 45. The standard InChI is InChI=1S/C60H123N2O6P/c1-6-8-10-12-14-16-17-18-19-20-21-22-23-24-25-26-27-28-29-30-31-32-33-34-35-36-37-38-39-40-41-42-43-44-45-46-48-50-52-54-60(64)61-58(57-68-69(65,66)67-56-55-62(3,4)5)59(63)53-51-49-47-15-13-11-9-7-2/h58-59,63H,6-57H2,1-5H3,(H-,61,64,65,66). The first-order valence-electron chi connectivity index (χ1n) is 30.9. The van der Waals surface area contributed by atoms with Crippen molar-refractivity contribution in [1.29, 1.82) is 0 Å². The van der Waals surface area contributed by atoms with Crippen LogP contribution in [0.2, 0.25) is 0 Å². The first kappa shape index (κ1) is 68.5. The minimum absolute atomic E-state index is 0.0158. The summed E-state index contributed by atoms with van der Waals surface area (Å²) in [5.41, 5.74) is 0. The summed E-state index contributed by atoms with van der Waals surface area (Å²) < 4.78 is 23.3. The van der Waals surface area contributed by atoms with Crippen LogP contribution in [0.1, 0.15) is 328 Å². The van der Waals surface area contributed by atoms with Crippen LogP contribution in [-0.2, 0) is 18.4 Å². The molecule has 0 bridgehead atoms. The van der Waals surface area contributed by atoms with Crippen molar-refractivity contribution >= 4 is 13.7 Å². The molecule has 0 saturated carbocycles. The molecular formula is C60H123N2O6P. The van der Waals surface area contributed by atoms with E-state index in [2.05, 4.69) is 19.2 Å². The summed E-state index contributed by atoms with van der Waals surface area (Å²) in [5, 5.41) is 13.9. The van der Waals surface area contributed by atoms with Gasteiger partial charge in [-0.25, -0.2) is 0 Å². The Morgan fingerprint density at radius 1 is 0.449 bits per heavy atom. The van der Waals surface area contributed by atoms with Crippen molar-refractivity contribution in [2.24, 2.45) is 0 Å². The molecular weight excluding hydrogens is 876 g/mol. The topological polar surface area (TPSA) is 108 Å². The zero-order valence-electron chi connectivity index (χ0n) is 47.3. The van der Waals surface area contributed by atoms with Crippen LogP contribution in [0.25, 0.3) is 0 Å². The number of carbonyl (C=O) groups excluding carboxylic acids is 1. The van der Waals surface area contributed by atoms with Crippen molar-refractivity contribution in [1.82, 2.24) is 5.32 Å². The number of hydrogen-bond acceptors (Lipinski definition) is 6. The average Bonchev–Trinajstić information content (AvgIpc) is 3.31. The van der Waals surface area contributed by atoms with E-state index < -0.39 is 20.0 Å². The second-order valence-corrected chi connectivity index (χ2v) is 24.2. The highest BCUT2D eigenvalue weighted by Gasteiger charge is 2.24. The molecule has 2 N–H and O–H groups in total. The molecule has 0 aromatic heterocycles. The maximum atomic E-state index is 12.9. The Morgan fingerprint density at radius 2 is 0.710 bits per heavy atom. The molecule has 0 radical (unpaired) electrons. The smallest absolute Gasteiger partial charge is 0.268 e. The lowest BCUT2D eigenvalue weighted by atomic mass is 10.0. The fourth-order valence-corrected chi connectivity index (χ4v) is 10.5. The van der Waals surface area contributed by atoms with Crippen LogP contribution in [0.3, 0.4) is 0 Å². The highest BCUT2D eigenvalue weighted by molar-refractivity contribution is 7.45.